The molecule has 0 radical (unpaired) electrons. The van der Waals surface area contributed by atoms with Gasteiger partial charge in [0.15, 0.2) is 0 Å². The van der Waals surface area contributed by atoms with Gasteiger partial charge >= 0.3 is 0 Å². The van der Waals surface area contributed by atoms with Crippen LogP contribution in [0.4, 0.5) is 0 Å². The van der Waals surface area contributed by atoms with Gasteiger partial charge in [0, 0.05) is 18.3 Å². The van der Waals surface area contributed by atoms with E-state index in [9.17, 15) is 15.0 Å². The molecule has 2 aromatic rings. The van der Waals surface area contributed by atoms with Crippen LogP contribution in [0, 0.1) is 0 Å². The van der Waals surface area contributed by atoms with Gasteiger partial charge in [-0.05, 0) is 30.7 Å². The van der Waals surface area contributed by atoms with Crippen molar-refractivity contribution in [2.24, 2.45) is 0 Å². The number of rotatable bonds is 3. The summed E-state index contributed by atoms with van der Waals surface area (Å²) in [6.07, 6.45) is 0.408. The van der Waals surface area contributed by atoms with Crippen molar-refractivity contribution in [2.75, 3.05) is 6.54 Å². The Morgan fingerprint density at radius 1 is 1.18 bits per heavy atom. The second kappa shape index (κ2) is 6.25. The largest absolute Gasteiger partial charge is 0.391 e. The van der Waals surface area contributed by atoms with Crippen molar-refractivity contribution in [3.63, 3.8) is 0 Å². The molecule has 2 heterocycles. The van der Waals surface area contributed by atoms with Crippen LogP contribution in [0.25, 0.3) is 0 Å². The van der Waals surface area contributed by atoms with E-state index < -0.39 is 18.2 Å². The van der Waals surface area contributed by atoms with Gasteiger partial charge in [0.1, 0.15) is 6.10 Å². The van der Waals surface area contributed by atoms with E-state index in [0.717, 1.165) is 0 Å². The van der Waals surface area contributed by atoms with E-state index >= 15 is 0 Å². The van der Waals surface area contributed by atoms with Crippen molar-refractivity contribution < 1.29 is 15.0 Å². The Morgan fingerprint density at radius 2 is 1.91 bits per heavy atom. The first kappa shape index (κ1) is 14.7. The summed E-state index contributed by atoms with van der Waals surface area (Å²) in [5.74, 6) is -0.183. The second-order valence-corrected chi connectivity index (χ2v) is 5.48. The average Bonchev–Trinajstić information content (AvgIpc) is 2.97. The van der Waals surface area contributed by atoms with Crippen LogP contribution in [-0.4, -0.2) is 44.7 Å². The predicted molar refractivity (Wildman–Crippen MR) is 81.1 cm³/mol. The molecule has 1 aromatic heterocycles. The van der Waals surface area contributed by atoms with Gasteiger partial charge in [-0.2, -0.15) is 0 Å². The number of amides is 1. The fraction of sp³-hybridized carbons (Fsp3) is 0.294. The lowest BCUT2D eigenvalue weighted by atomic mass is 10.0. The van der Waals surface area contributed by atoms with E-state index in [4.69, 9.17) is 0 Å². The van der Waals surface area contributed by atoms with Crippen LogP contribution in [0.1, 0.15) is 28.6 Å². The number of hydrogen-bond donors (Lipinski definition) is 2. The molecule has 5 heteroatoms. The van der Waals surface area contributed by atoms with Crippen LogP contribution < -0.4 is 0 Å². The first-order valence-electron chi connectivity index (χ1n) is 7.30. The third kappa shape index (κ3) is 2.86. The van der Waals surface area contributed by atoms with Crippen LogP contribution in [0.15, 0.2) is 54.7 Å². The number of likely N-dealkylation sites (tertiary alicyclic amines) is 1. The normalized spacial score (nSPS) is 22.5. The zero-order chi connectivity index (χ0) is 15.5. The van der Waals surface area contributed by atoms with Crippen molar-refractivity contribution in [2.45, 2.75) is 24.7 Å². The van der Waals surface area contributed by atoms with Gasteiger partial charge in [-0.15, -0.1) is 0 Å². The number of aromatic nitrogens is 1. The van der Waals surface area contributed by atoms with Gasteiger partial charge in [0.2, 0.25) is 0 Å². The molecule has 2 N–H and O–H groups in total. The summed E-state index contributed by atoms with van der Waals surface area (Å²) in [7, 11) is 0. The second-order valence-electron chi connectivity index (χ2n) is 5.48. The van der Waals surface area contributed by atoms with Crippen LogP contribution in [-0.2, 0) is 0 Å². The number of carbonyl (C=O) groups is 1. The van der Waals surface area contributed by atoms with Gasteiger partial charge in [-0.1, -0.05) is 24.3 Å². The molecule has 114 valence electrons. The van der Waals surface area contributed by atoms with Gasteiger partial charge in [0.25, 0.3) is 5.91 Å². The SMILES string of the molecule is O=C(c1ccccc1)N1C[C@H](O)C[C@@H]1C(O)c1ccccn1. The maximum Gasteiger partial charge on any atom is 0.254 e. The molecule has 1 unspecified atom stereocenters. The summed E-state index contributed by atoms with van der Waals surface area (Å²) in [6.45, 7) is 0.224. The Balaban J connectivity index is 1.85. The van der Waals surface area contributed by atoms with Gasteiger partial charge in [-0.25, -0.2) is 0 Å². The topological polar surface area (TPSA) is 73.7 Å². The highest BCUT2D eigenvalue weighted by molar-refractivity contribution is 5.94. The number of pyridine rings is 1. The molecule has 0 aliphatic carbocycles. The third-order valence-corrected chi connectivity index (χ3v) is 3.96. The fourth-order valence-corrected chi connectivity index (χ4v) is 2.87. The van der Waals surface area contributed by atoms with Crippen LogP contribution in [0.5, 0.6) is 0 Å². The van der Waals surface area contributed by atoms with Crippen molar-refractivity contribution >= 4 is 5.91 Å². The molecular formula is C17H18N2O3. The molecule has 3 atom stereocenters. The zero-order valence-corrected chi connectivity index (χ0v) is 12.0. The number of aliphatic hydroxyl groups is 2. The predicted octanol–water partition coefficient (Wildman–Crippen LogP) is 1.39. The van der Waals surface area contributed by atoms with E-state index in [2.05, 4.69) is 4.98 Å². The first-order valence-corrected chi connectivity index (χ1v) is 7.30. The lowest BCUT2D eigenvalue weighted by Crippen LogP contribution is -2.39. The molecule has 1 aromatic carbocycles. The van der Waals surface area contributed by atoms with E-state index in [1.165, 1.54) is 0 Å². The third-order valence-electron chi connectivity index (χ3n) is 3.96. The highest BCUT2D eigenvalue weighted by Gasteiger charge is 2.39. The van der Waals surface area contributed by atoms with Crippen molar-refractivity contribution in [1.29, 1.82) is 0 Å². The quantitative estimate of drug-likeness (QED) is 0.898. The average molecular weight is 298 g/mol. The van der Waals surface area contributed by atoms with Crippen LogP contribution >= 0.6 is 0 Å². The molecule has 1 aliphatic rings. The van der Waals surface area contributed by atoms with E-state index in [1.54, 1.807) is 53.6 Å². The van der Waals surface area contributed by atoms with Crippen LogP contribution in [0.3, 0.4) is 0 Å². The minimum absolute atomic E-state index is 0.183. The Labute approximate surface area is 128 Å². The van der Waals surface area contributed by atoms with Gasteiger partial charge in [0.05, 0.1) is 17.8 Å². The number of benzene rings is 1. The lowest BCUT2D eigenvalue weighted by Gasteiger charge is -2.28. The Hall–Kier alpha value is -2.24. The molecule has 0 saturated carbocycles. The molecule has 1 fully saturated rings. The maximum absolute atomic E-state index is 12.6. The van der Waals surface area contributed by atoms with E-state index in [1.807, 2.05) is 6.07 Å². The number of carbonyl (C=O) groups excluding carboxylic acids is 1. The molecule has 0 spiro atoms. The molecular weight excluding hydrogens is 280 g/mol. The summed E-state index contributed by atoms with van der Waals surface area (Å²) in [4.78, 5) is 18.3. The fourth-order valence-electron chi connectivity index (χ4n) is 2.87. The molecule has 3 rings (SSSR count). The van der Waals surface area contributed by atoms with Crippen molar-refractivity contribution in [1.82, 2.24) is 9.88 Å². The Kier molecular flexibility index (Phi) is 4.18. The van der Waals surface area contributed by atoms with Gasteiger partial charge in [-0.3, -0.25) is 9.78 Å². The van der Waals surface area contributed by atoms with Crippen molar-refractivity contribution in [3.05, 3.63) is 66.0 Å². The minimum Gasteiger partial charge on any atom is -0.391 e. The summed E-state index contributed by atoms with van der Waals surface area (Å²) in [6, 6.07) is 13.7. The highest BCUT2D eigenvalue weighted by atomic mass is 16.3. The van der Waals surface area contributed by atoms with Crippen LogP contribution in [0.2, 0.25) is 0 Å². The summed E-state index contributed by atoms with van der Waals surface area (Å²) in [5.41, 5.74) is 1.06. The number of β-amino-alcohol motifs (C(OH)–C–C–N with tert-alkyl or cyclic N) is 1. The summed E-state index contributed by atoms with van der Waals surface area (Å²) >= 11 is 0. The summed E-state index contributed by atoms with van der Waals surface area (Å²) in [5, 5.41) is 20.5. The molecule has 1 saturated heterocycles. The molecule has 0 bridgehead atoms. The Bertz CT molecular complexity index is 633. The number of hydrogen-bond acceptors (Lipinski definition) is 4. The lowest BCUT2D eigenvalue weighted by molar-refractivity contribution is 0.0473. The standard InChI is InChI=1S/C17H18N2O3/c20-13-10-15(16(21)14-8-4-5-9-18-14)19(11-13)17(22)12-6-2-1-3-7-12/h1-9,13,15-16,20-21H,10-11H2/t13-,15-,16?/m1/s1. The molecule has 22 heavy (non-hydrogen) atoms. The zero-order valence-electron chi connectivity index (χ0n) is 12.0. The van der Waals surface area contributed by atoms with E-state index in [-0.39, 0.29) is 12.5 Å². The van der Waals surface area contributed by atoms with Crippen molar-refractivity contribution in [3.8, 4) is 0 Å². The van der Waals surface area contributed by atoms with Gasteiger partial charge < -0.3 is 15.1 Å². The number of nitrogens with zero attached hydrogens (tertiary/aromatic N) is 2. The summed E-state index contributed by atoms with van der Waals surface area (Å²) < 4.78 is 0. The smallest absolute Gasteiger partial charge is 0.254 e. The monoisotopic (exact) mass is 298 g/mol. The first-order chi connectivity index (χ1) is 10.7. The number of aliphatic hydroxyl groups excluding tert-OH is 2. The molecule has 1 amide bonds. The Morgan fingerprint density at radius 3 is 2.59 bits per heavy atom. The highest BCUT2D eigenvalue weighted by Crippen LogP contribution is 2.30. The molecule has 5 nitrogen and oxygen atoms in total. The molecule has 1 aliphatic heterocycles. The van der Waals surface area contributed by atoms with E-state index in [0.29, 0.717) is 17.7 Å². The maximum atomic E-state index is 12.6. The minimum atomic E-state index is -0.911.